The minimum absolute atomic E-state index is 0.0487. The van der Waals surface area contributed by atoms with Gasteiger partial charge in [-0.1, -0.05) is 24.3 Å². The summed E-state index contributed by atoms with van der Waals surface area (Å²) in [6.45, 7) is 2.15. The molecule has 0 spiro atoms. The van der Waals surface area contributed by atoms with Crippen molar-refractivity contribution in [1.29, 1.82) is 0 Å². The predicted molar refractivity (Wildman–Crippen MR) is 101 cm³/mol. The van der Waals surface area contributed by atoms with E-state index in [-0.39, 0.29) is 9.92 Å². The summed E-state index contributed by atoms with van der Waals surface area (Å²) in [7, 11) is -1.51. The summed E-state index contributed by atoms with van der Waals surface area (Å²) < 4.78 is 25.6. The van der Waals surface area contributed by atoms with Crippen LogP contribution in [0.1, 0.15) is 24.3 Å². The van der Waals surface area contributed by atoms with Gasteiger partial charge in [0.1, 0.15) is 0 Å². The maximum Gasteiger partial charge on any atom is 0.225 e. The third kappa shape index (κ3) is 3.10. The van der Waals surface area contributed by atoms with Crippen LogP contribution in [-0.4, -0.2) is 43.4 Å². The molecule has 3 aromatic rings. The van der Waals surface area contributed by atoms with Crippen molar-refractivity contribution in [3.8, 4) is 0 Å². The van der Waals surface area contributed by atoms with Gasteiger partial charge in [0.05, 0.1) is 10.4 Å². The van der Waals surface area contributed by atoms with Gasteiger partial charge in [-0.3, -0.25) is 4.98 Å². The molecule has 1 fully saturated rings. The molecule has 1 saturated heterocycles. The third-order valence-corrected chi connectivity index (χ3v) is 6.73. The van der Waals surface area contributed by atoms with E-state index in [0.717, 1.165) is 36.8 Å². The largest absolute Gasteiger partial charge is 0.306 e. The lowest BCUT2D eigenvalue weighted by atomic mass is 9.87. The van der Waals surface area contributed by atoms with Crippen LogP contribution in [0.15, 0.2) is 64.8 Å². The maximum atomic E-state index is 12.8. The van der Waals surface area contributed by atoms with E-state index < -0.39 is 9.84 Å². The highest BCUT2D eigenvalue weighted by Crippen LogP contribution is 2.33. The number of benzene rings is 1. The van der Waals surface area contributed by atoms with E-state index >= 15 is 0 Å². The molecule has 1 aliphatic rings. The summed E-state index contributed by atoms with van der Waals surface area (Å²) in [6, 6.07) is 12.6. The molecule has 1 aliphatic heterocycles. The first kappa shape index (κ1) is 17.1. The van der Waals surface area contributed by atoms with Crippen LogP contribution in [0.2, 0.25) is 0 Å². The SMILES string of the molecule is [11CH3]N1CCC(c2cccc3cc(S(=O)(=O)c4ccccn4)cnc23)CC1. The molecule has 1 aromatic carbocycles. The van der Waals surface area contributed by atoms with Crippen molar-refractivity contribution in [1.82, 2.24) is 14.9 Å². The van der Waals surface area contributed by atoms with Gasteiger partial charge in [0.15, 0.2) is 5.03 Å². The number of para-hydroxylation sites is 1. The second-order valence-corrected chi connectivity index (χ2v) is 8.74. The molecule has 0 unspecified atom stereocenters. The van der Waals surface area contributed by atoms with Crippen LogP contribution in [0.4, 0.5) is 0 Å². The normalized spacial score (nSPS) is 16.8. The molecule has 2 aromatic heterocycles. The van der Waals surface area contributed by atoms with Crippen LogP contribution in [0.3, 0.4) is 0 Å². The predicted octanol–water partition coefficient (Wildman–Crippen LogP) is 3.27. The van der Waals surface area contributed by atoms with E-state index in [1.54, 1.807) is 18.2 Å². The number of hydrogen-bond donors (Lipinski definition) is 0. The van der Waals surface area contributed by atoms with Gasteiger partial charge in [-0.15, -0.1) is 0 Å². The Morgan fingerprint density at radius 2 is 1.85 bits per heavy atom. The number of piperidine rings is 1. The van der Waals surface area contributed by atoms with Gasteiger partial charge in [0, 0.05) is 17.8 Å². The zero-order valence-electron chi connectivity index (χ0n) is 14.7. The van der Waals surface area contributed by atoms with Crippen molar-refractivity contribution >= 4 is 20.7 Å². The number of nitrogens with zero attached hydrogens (tertiary/aromatic N) is 3. The number of rotatable bonds is 3. The van der Waals surface area contributed by atoms with Crippen molar-refractivity contribution < 1.29 is 8.42 Å². The van der Waals surface area contributed by atoms with Gasteiger partial charge >= 0.3 is 0 Å². The van der Waals surface area contributed by atoms with Crippen LogP contribution in [0.5, 0.6) is 0 Å². The lowest BCUT2D eigenvalue weighted by Gasteiger charge is -2.29. The van der Waals surface area contributed by atoms with Crippen molar-refractivity contribution in [2.75, 3.05) is 20.1 Å². The molecule has 0 N–H and O–H groups in total. The Morgan fingerprint density at radius 3 is 2.58 bits per heavy atom. The second kappa shape index (κ2) is 6.78. The molecule has 4 rings (SSSR count). The molecular weight excluding hydrogens is 345 g/mol. The molecule has 0 amide bonds. The number of hydrogen-bond acceptors (Lipinski definition) is 5. The minimum Gasteiger partial charge on any atom is -0.306 e. The Hall–Kier alpha value is -2.31. The number of fused-ring (bicyclic) bond motifs is 1. The van der Waals surface area contributed by atoms with Gasteiger partial charge < -0.3 is 4.90 Å². The third-order valence-electron chi connectivity index (χ3n) is 5.10. The summed E-state index contributed by atoms with van der Waals surface area (Å²) in [5, 5.41) is 0.908. The highest BCUT2D eigenvalue weighted by molar-refractivity contribution is 7.91. The average molecular weight is 366 g/mol. The fraction of sp³-hybridized carbons (Fsp3) is 0.300. The summed E-state index contributed by atoms with van der Waals surface area (Å²) >= 11 is 0. The highest BCUT2D eigenvalue weighted by Gasteiger charge is 2.23. The highest BCUT2D eigenvalue weighted by atomic mass is 32.2. The smallest absolute Gasteiger partial charge is 0.225 e. The molecule has 6 heteroatoms. The van der Waals surface area contributed by atoms with Crippen molar-refractivity contribution in [3.05, 3.63) is 60.4 Å². The van der Waals surface area contributed by atoms with Gasteiger partial charge in [-0.05, 0) is 62.7 Å². The summed E-state index contributed by atoms with van der Waals surface area (Å²) in [5.74, 6) is 0.473. The summed E-state index contributed by atoms with van der Waals surface area (Å²) in [5.41, 5.74) is 2.12. The Morgan fingerprint density at radius 1 is 1.04 bits per heavy atom. The van der Waals surface area contributed by atoms with Gasteiger partial charge in [0.25, 0.3) is 0 Å². The second-order valence-electron chi connectivity index (χ2n) is 6.84. The first-order valence-corrected chi connectivity index (χ1v) is 10.3. The molecular formula is C20H21N3O2S. The van der Waals surface area contributed by atoms with Crippen LogP contribution in [-0.2, 0) is 9.84 Å². The van der Waals surface area contributed by atoms with Crippen molar-refractivity contribution in [2.45, 2.75) is 28.7 Å². The van der Waals surface area contributed by atoms with E-state index in [4.69, 9.17) is 0 Å². The molecule has 134 valence electrons. The molecule has 3 heterocycles. The average Bonchev–Trinajstić information content (AvgIpc) is 2.68. The fourth-order valence-corrected chi connectivity index (χ4v) is 4.76. The Balaban J connectivity index is 1.75. The quantitative estimate of drug-likeness (QED) is 0.712. The standard InChI is InChI=1S/C20H21N3O2S/c1-23-11-8-15(9-12-23)18-6-4-5-16-13-17(14-22-20(16)18)26(24,25)19-7-2-3-10-21-19/h2-7,10,13-15H,8-9,11-12H2,1H3/i1-1. The molecule has 0 saturated carbocycles. The number of pyridine rings is 2. The molecule has 0 atom stereocenters. The topological polar surface area (TPSA) is 63.2 Å². The Bertz CT molecular complexity index is 1030. The zero-order valence-corrected chi connectivity index (χ0v) is 15.5. The first-order chi connectivity index (χ1) is 12.6. The van der Waals surface area contributed by atoms with E-state index in [0.29, 0.717) is 5.92 Å². The number of sulfone groups is 1. The lowest BCUT2D eigenvalue weighted by Crippen LogP contribution is -2.29. The molecule has 26 heavy (non-hydrogen) atoms. The fourth-order valence-electron chi connectivity index (χ4n) is 3.59. The van der Waals surface area contributed by atoms with Crippen LogP contribution < -0.4 is 0 Å². The van der Waals surface area contributed by atoms with E-state index in [9.17, 15) is 8.42 Å². The van der Waals surface area contributed by atoms with Gasteiger partial charge in [-0.2, -0.15) is 0 Å². The van der Waals surface area contributed by atoms with Crippen molar-refractivity contribution in [2.24, 2.45) is 0 Å². The molecule has 0 bridgehead atoms. The number of likely N-dealkylation sites (tertiary alicyclic amines) is 1. The van der Waals surface area contributed by atoms with Gasteiger partial charge in [0.2, 0.25) is 9.84 Å². The number of aromatic nitrogens is 2. The molecule has 5 nitrogen and oxygen atoms in total. The van der Waals surface area contributed by atoms with E-state index in [2.05, 4.69) is 28.0 Å². The van der Waals surface area contributed by atoms with Crippen LogP contribution in [0.25, 0.3) is 10.9 Å². The van der Waals surface area contributed by atoms with E-state index in [1.807, 2.05) is 12.1 Å². The van der Waals surface area contributed by atoms with Crippen LogP contribution >= 0.6 is 0 Å². The lowest BCUT2D eigenvalue weighted by molar-refractivity contribution is 0.256. The molecule has 0 radical (unpaired) electrons. The Kier molecular flexibility index (Phi) is 4.46. The van der Waals surface area contributed by atoms with Gasteiger partial charge in [-0.25, -0.2) is 13.4 Å². The monoisotopic (exact) mass is 366 g/mol. The van der Waals surface area contributed by atoms with Crippen LogP contribution in [0, 0.1) is 0 Å². The first-order valence-electron chi connectivity index (χ1n) is 8.79. The van der Waals surface area contributed by atoms with E-state index in [1.165, 1.54) is 24.0 Å². The zero-order chi connectivity index (χ0) is 18.1. The summed E-state index contributed by atoms with van der Waals surface area (Å²) in [6.07, 6.45) is 5.15. The Labute approximate surface area is 153 Å². The molecule has 0 aliphatic carbocycles. The van der Waals surface area contributed by atoms with Crippen molar-refractivity contribution in [3.63, 3.8) is 0 Å². The minimum atomic E-state index is -3.66. The summed E-state index contributed by atoms with van der Waals surface area (Å²) in [4.78, 5) is 11.1. The maximum absolute atomic E-state index is 12.8.